The van der Waals surface area contributed by atoms with Crippen molar-refractivity contribution in [2.75, 3.05) is 20.2 Å². The molecule has 0 bridgehead atoms. The molecule has 1 N–H and O–H groups in total. The van der Waals surface area contributed by atoms with Gasteiger partial charge in [-0.05, 0) is 30.4 Å². The van der Waals surface area contributed by atoms with Crippen LogP contribution in [-0.4, -0.2) is 37.1 Å². The van der Waals surface area contributed by atoms with Crippen LogP contribution in [0.15, 0.2) is 11.4 Å². The predicted octanol–water partition coefficient (Wildman–Crippen LogP) is 1.55. The lowest BCUT2D eigenvalue weighted by Gasteiger charge is -2.33. The van der Waals surface area contributed by atoms with Crippen molar-refractivity contribution in [1.29, 1.82) is 0 Å². The zero-order chi connectivity index (χ0) is 13.1. The zero-order valence-electron chi connectivity index (χ0n) is 10.4. The van der Waals surface area contributed by atoms with Crippen molar-refractivity contribution in [1.82, 2.24) is 10.2 Å². The number of amides is 2. The van der Waals surface area contributed by atoms with E-state index in [1.807, 2.05) is 18.4 Å². The van der Waals surface area contributed by atoms with Gasteiger partial charge >= 0.3 is 12.0 Å². The van der Waals surface area contributed by atoms with E-state index < -0.39 is 6.04 Å². The molecule has 2 heterocycles. The van der Waals surface area contributed by atoms with Gasteiger partial charge in [0.2, 0.25) is 0 Å². The second-order valence-corrected chi connectivity index (χ2v) is 5.00. The number of rotatable bonds is 2. The van der Waals surface area contributed by atoms with Crippen LogP contribution in [0.3, 0.4) is 0 Å². The summed E-state index contributed by atoms with van der Waals surface area (Å²) in [5, 5.41) is 4.68. The Hall–Kier alpha value is -1.56. The maximum atomic E-state index is 12.0. The Bertz CT molecular complexity index is 458. The van der Waals surface area contributed by atoms with Gasteiger partial charge in [0.25, 0.3) is 0 Å². The van der Waals surface area contributed by atoms with E-state index in [-0.39, 0.29) is 12.0 Å². The van der Waals surface area contributed by atoms with E-state index >= 15 is 0 Å². The average Bonchev–Trinajstić information content (AvgIpc) is 2.85. The summed E-state index contributed by atoms with van der Waals surface area (Å²) >= 11 is 1.62. The van der Waals surface area contributed by atoms with Gasteiger partial charge in [0.15, 0.2) is 6.04 Å². The molecular formula is C12H16N2O3S. The van der Waals surface area contributed by atoms with Gasteiger partial charge in [0.05, 0.1) is 7.11 Å². The molecule has 18 heavy (non-hydrogen) atoms. The summed E-state index contributed by atoms with van der Waals surface area (Å²) in [5.74, 6) is -0.388. The molecular weight excluding hydrogens is 252 g/mol. The van der Waals surface area contributed by atoms with Gasteiger partial charge in [-0.2, -0.15) is 0 Å². The number of carbonyl (C=O) groups excluding carboxylic acids is 2. The highest BCUT2D eigenvalue weighted by Crippen LogP contribution is 2.33. The van der Waals surface area contributed by atoms with Crippen molar-refractivity contribution in [2.45, 2.75) is 19.4 Å². The van der Waals surface area contributed by atoms with Crippen LogP contribution in [0, 0.1) is 0 Å². The van der Waals surface area contributed by atoms with Crippen molar-refractivity contribution in [3.05, 3.63) is 21.9 Å². The van der Waals surface area contributed by atoms with Gasteiger partial charge < -0.3 is 15.0 Å². The van der Waals surface area contributed by atoms with Gasteiger partial charge in [0, 0.05) is 18.0 Å². The van der Waals surface area contributed by atoms with E-state index in [1.54, 1.807) is 16.2 Å². The van der Waals surface area contributed by atoms with Crippen molar-refractivity contribution in [2.24, 2.45) is 0 Å². The molecule has 98 valence electrons. The molecule has 6 heteroatoms. The Balaban J connectivity index is 2.31. The lowest BCUT2D eigenvalue weighted by atomic mass is 10.0. The minimum absolute atomic E-state index is 0.218. The van der Waals surface area contributed by atoms with Crippen molar-refractivity contribution in [3.8, 4) is 0 Å². The molecule has 0 aromatic carbocycles. The highest BCUT2D eigenvalue weighted by Gasteiger charge is 2.37. The highest BCUT2D eigenvalue weighted by atomic mass is 32.1. The maximum absolute atomic E-state index is 12.0. The summed E-state index contributed by atoms with van der Waals surface area (Å²) in [6.45, 7) is 2.93. The van der Waals surface area contributed by atoms with E-state index in [1.165, 1.54) is 7.11 Å². The van der Waals surface area contributed by atoms with E-state index in [4.69, 9.17) is 4.74 Å². The molecule has 1 aliphatic rings. The van der Waals surface area contributed by atoms with Crippen LogP contribution in [0.5, 0.6) is 0 Å². The third-order valence-corrected chi connectivity index (χ3v) is 3.98. The largest absolute Gasteiger partial charge is 0.467 e. The topological polar surface area (TPSA) is 58.6 Å². The van der Waals surface area contributed by atoms with Gasteiger partial charge in [0.1, 0.15) is 0 Å². The van der Waals surface area contributed by atoms with Crippen LogP contribution in [-0.2, 0) is 16.0 Å². The van der Waals surface area contributed by atoms with E-state index in [2.05, 4.69) is 5.32 Å². The Morgan fingerprint density at radius 1 is 1.61 bits per heavy atom. The second-order valence-electron chi connectivity index (χ2n) is 4.00. The first kappa shape index (κ1) is 12.9. The molecule has 0 saturated carbocycles. The second kappa shape index (κ2) is 5.39. The molecule has 1 aromatic rings. The lowest BCUT2D eigenvalue weighted by Crippen LogP contribution is -2.48. The molecule has 1 unspecified atom stereocenters. The summed E-state index contributed by atoms with van der Waals surface area (Å²) in [5.41, 5.74) is 0.893. The highest BCUT2D eigenvalue weighted by molar-refractivity contribution is 7.10. The first-order valence-electron chi connectivity index (χ1n) is 5.87. The fourth-order valence-corrected chi connectivity index (χ4v) is 3.06. The number of hydrogen-bond acceptors (Lipinski definition) is 4. The van der Waals surface area contributed by atoms with Gasteiger partial charge in [-0.3, -0.25) is 0 Å². The van der Waals surface area contributed by atoms with Crippen LogP contribution in [0.1, 0.15) is 23.4 Å². The molecule has 0 aliphatic carbocycles. The number of urea groups is 1. The molecule has 1 aliphatic heterocycles. The Kier molecular flexibility index (Phi) is 3.86. The van der Waals surface area contributed by atoms with Crippen LogP contribution in [0.4, 0.5) is 4.79 Å². The van der Waals surface area contributed by atoms with Gasteiger partial charge in [-0.25, -0.2) is 9.59 Å². The molecule has 1 atom stereocenters. The van der Waals surface area contributed by atoms with Crippen LogP contribution >= 0.6 is 11.3 Å². The monoisotopic (exact) mass is 268 g/mol. The van der Waals surface area contributed by atoms with E-state index in [9.17, 15) is 9.59 Å². The number of esters is 1. The van der Waals surface area contributed by atoms with E-state index in [0.717, 1.165) is 16.9 Å². The lowest BCUT2D eigenvalue weighted by molar-refractivity contribution is -0.146. The van der Waals surface area contributed by atoms with Crippen LogP contribution < -0.4 is 5.32 Å². The SMILES string of the molecule is CCNC(=O)N1CCc2sccc2C1C(=O)OC. The fraction of sp³-hybridized carbons (Fsp3) is 0.500. The van der Waals surface area contributed by atoms with Gasteiger partial charge in [-0.1, -0.05) is 0 Å². The first-order valence-corrected chi connectivity index (χ1v) is 6.75. The average molecular weight is 268 g/mol. The number of thiophene rings is 1. The fourth-order valence-electron chi connectivity index (χ4n) is 2.15. The van der Waals surface area contributed by atoms with E-state index in [0.29, 0.717) is 13.1 Å². The number of nitrogens with one attached hydrogen (secondary N) is 1. The normalized spacial score (nSPS) is 18.1. The third-order valence-electron chi connectivity index (χ3n) is 2.98. The van der Waals surface area contributed by atoms with Crippen molar-refractivity contribution >= 4 is 23.3 Å². The van der Waals surface area contributed by atoms with Crippen molar-refractivity contribution < 1.29 is 14.3 Å². The number of carbonyl (C=O) groups is 2. The van der Waals surface area contributed by atoms with Gasteiger partial charge in [-0.15, -0.1) is 11.3 Å². The zero-order valence-corrected chi connectivity index (χ0v) is 11.3. The van der Waals surface area contributed by atoms with Crippen LogP contribution in [0.25, 0.3) is 0 Å². The molecule has 0 spiro atoms. The summed E-state index contributed by atoms with van der Waals surface area (Å²) in [7, 11) is 1.35. The molecule has 0 radical (unpaired) electrons. The number of hydrogen-bond donors (Lipinski definition) is 1. The van der Waals surface area contributed by atoms with Crippen LogP contribution in [0.2, 0.25) is 0 Å². The molecule has 5 nitrogen and oxygen atoms in total. The molecule has 2 rings (SSSR count). The summed E-state index contributed by atoms with van der Waals surface area (Å²) in [6, 6.07) is 1.06. The Morgan fingerprint density at radius 2 is 2.39 bits per heavy atom. The Labute approximate surface area is 110 Å². The third kappa shape index (κ3) is 2.20. The molecule has 0 saturated heterocycles. The summed E-state index contributed by atoms with van der Waals surface area (Å²) in [4.78, 5) is 26.6. The smallest absolute Gasteiger partial charge is 0.333 e. The maximum Gasteiger partial charge on any atom is 0.333 e. The van der Waals surface area contributed by atoms with Crippen molar-refractivity contribution in [3.63, 3.8) is 0 Å². The number of nitrogens with zero attached hydrogens (tertiary/aromatic N) is 1. The standard InChI is InChI=1S/C12H16N2O3S/c1-3-13-12(16)14-6-4-9-8(5-7-18-9)10(14)11(15)17-2/h5,7,10H,3-4,6H2,1-2H3,(H,13,16). The predicted molar refractivity (Wildman–Crippen MR) is 68.6 cm³/mol. The minimum atomic E-state index is -0.614. The minimum Gasteiger partial charge on any atom is -0.467 e. The number of fused-ring (bicyclic) bond motifs is 1. The molecule has 0 fully saturated rings. The molecule has 2 amide bonds. The summed E-state index contributed by atoms with van der Waals surface area (Å²) in [6.07, 6.45) is 0.789. The first-order chi connectivity index (χ1) is 8.69. The number of methoxy groups -OCH3 is 1. The summed E-state index contributed by atoms with van der Waals surface area (Å²) < 4.78 is 4.82. The Morgan fingerprint density at radius 3 is 3.06 bits per heavy atom. The number of ether oxygens (including phenoxy) is 1. The quantitative estimate of drug-likeness (QED) is 0.828. The molecule has 1 aromatic heterocycles.